The van der Waals surface area contributed by atoms with Gasteiger partial charge >= 0.3 is 0 Å². The van der Waals surface area contributed by atoms with Crippen molar-refractivity contribution in [3.63, 3.8) is 0 Å². The summed E-state index contributed by atoms with van der Waals surface area (Å²) in [5.74, 6) is 0. The summed E-state index contributed by atoms with van der Waals surface area (Å²) < 4.78 is 52.4. The number of sulfonamides is 2. The summed E-state index contributed by atoms with van der Waals surface area (Å²) in [5, 5.41) is 1.88. The number of benzene rings is 1. The Morgan fingerprint density at radius 1 is 1.00 bits per heavy atom. The van der Waals surface area contributed by atoms with Gasteiger partial charge in [0.1, 0.15) is 0 Å². The first kappa shape index (κ1) is 18.1. The molecular weight excluding hydrogens is 356 g/mol. The minimum Gasteiger partial charge on any atom is -0.207 e. The SMILES string of the molecule is C[C@@H](NS(=O)(=O)c1ccc(S(=O)(=O)N(C)C)cc1)c1cccs1. The van der Waals surface area contributed by atoms with E-state index in [4.69, 9.17) is 0 Å². The highest BCUT2D eigenvalue weighted by molar-refractivity contribution is 7.89. The largest absolute Gasteiger partial charge is 0.242 e. The Labute approximate surface area is 140 Å². The lowest BCUT2D eigenvalue weighted by atomic mass is 10.3. The zero-order chi connectivity index (χ0) is 17.3. The van der Waals surface area contributed by atoms with Crippen molar-refractivity contribution in [1.82, 2.24) is 9.03 Å². The fourth-order valence-electron chi connectivity index (χ4n) is 1.90. The average Bonchev–Trinajstić information content (AvgIpc) is 3.01. The number of hydrogen-bond acceptors (Lipinski definition) is 5. The van der Waals surface area contributed by atoms with E-state index >= 15 is 0 Å². The summed E-state index contributed by atoms with van der Waals surface area (Å²) in [7, 11) is -4.46. The van der Waals surface area contributed by atoms with Crippen LogP contribution in [0.25, 0.3) is 0 Å². The van der Waals surface area contributed by atoms with Crippen LogP contribution in [0.5, 0.6) is 0 Å². The third kappa shape index (κ3) is 3.99. The Kier molecular flexibility index (Phi) is 5.27. The number of rotatable bonds is 6. The zero-order valence-corrected chi connectivity index (χ0v) is 15.4. The molecule has 1 heterocycles. The van der Waals surface area contributed by atoms with Crippen molar-refractivity contribution in [2.75, 3.05) is 14.1 Å². The van der Waals surface area contributed by atoms with Gasteiger partial charge in [0.15, 0.2) is 0 Å². The highest BCUT2D eigenvalue weighted by atomic mass is 32.2. The van der Waals surface area contributed by atoms with E-state index in [0.29, 0.717) is 0 Å². The summed E-state index contributed by atoms with van der Waals surface area (Å²) in [6.45, 7) is 1.76. The van der Waals surface area contributed by atoms with Crippen LogP contribution in [-0.2, 0) is 20.0 Å². The molecule has 1 atom stereocenters. The standard InChI is InChI=1S/C14H18N2O4S3/c1-11(14-5-4-10-21-14)15-22(17,18)12-6-8-13(9-7-12)23(19,20)16(2)3/h4-11,15H,1-3H3/t11-/m1/s1. The summed E-state index contributed by atoms with van der Waals surface area (Å²) in [5.41, 5.74) is 0. The molecule has 0 unspecified atom stereocenters. The molecule has 0 bridgehead atoms. The highest BCUT2D eigenvalue weighted by Crippen LogP contribution is 2.22. The van der Waals surface area contributed by atoms with Gasteiger partial charge in [0.05, 0.1) is 15.8 Å². The average molecular weight is 375 g/mol. The molecule has 0 saturated heterocycles. The van der Waals surface area contributed by atoms with E-state index in [2.05, 4.69) is 4.72 Å². The van der Waals surface area contributed by atoms with Gasteiger partial charge < -0.3 is 0 Å². The molecule has 2 rings (SSSR count). The first-order valence-electron chi connectivity index (χ1n) is 6.73. The van der Waals surface area contributed by atoms with Crippen LogP contribution in [0.15, 0.2) is 51.6 Å². The quantitative estimate of drug-likeness (QED) is 0.839. The van der Waals surface area contributed by atoms with Gasteiger partial charge in [0.2, 0.25) is 20.0 Å². The Morgan fingerprint density at radius 3 is 2.04 bits per heavy atom. The van der Waals surface area contributed by atoms with Crippen molar-refractivity contribution < 1.29 is 16.8 Å². The maximum absolute atomic E-state index is 12.4. The Morgan fingerprint density at radius 2 is 1.57 bits per heavy atom. The van der Waals surface area contributed by atoms with E-state index in [1.807, 2.05) is 17.5 Å². The van der Waals surface area contributed by atoms with Crippen molar-refractivity contribution in [3.8, 4) is 0 Å². The molecule has 1 N–H and O–H groups in total. The van der Waals surface area contributed by atoms with E-state index in [0.717, 1.165) is 9.18 Å². The van der Waals surface area contributed by atoms with Gasteiger partial charge in [-0.15, -0.1) is 11.3 Å². The van der Waals surface area contributed by atoms with Gasteiger partial charge in [0, 0.05) is 19.0 Å². The lowest BCUT2D eigenvalue weighted by Crippen LogP contribution is -2.26. The van der Waals surface area contributed by atoms with Gasteiger partial charge in [-0.1, -0.05) is 6.07 Å². The molecule has 23 heavy (non-hydrogen) atoms. The summed E-state index contributed by atoms with van der Waals surface area (Å²) in [4.78, 5) is 0.978. The molecule has 0 aliphatic rings. The third-order valence-corrected chi connectivity index (χ3v) is 7.66. The van der Waals surface area contributed by atoms with Crippen LogP contribution in [0.4, 0.5) is 0 Å². The predicted octanol–water partition coefficient (Wildman–Crippen LogP) is 2.04. The van der Waals surface area contributed by atoms with Gasteiger partial charge in [-0.3, -0.25) is 0 Å². The van der Waals surface area contributed by atoms with E-state index < -0.39 is 20.0 Å². The zero-order valence-electron chi connectivity index (χ0n) is 12.9. The molecule has 2 aromatic rings. The Bertz CT molecular complexity index is 855. The van der Waals surface area contributed by atoms with Gasteiger partial charge in [0.25, 0.3) is 0 Å². The lowest BCUT2D eigenvalue weighted by Gasteiger charge is -2.14. The molecule has 0 spiro atoms. The van der Waals surface area contributed by atoms with Crippen LogP contribution in [0.3, 0.4) is 0 Å². The van der Waals surface area contributed by atoms with Gasteiger partial charge in [-0.05, 0) is 42.6 Å². The Hall–Kier alpha value is -1.26. The minimum atomic E-state index is -3.72. The first-order valence-corrected chi connectivity index (χ1v) is 10.5. The molecule has 0 radical (unpaired) electrons. The number of thiophene rings is 1. The first-order chi connectivity index (χ1) is 10.6. The second kappa shape index (κ2) is 6.70. The molecule has 0 amide bonds. The molecule has 0 fully saturated rings. The molecule has 1 aromatic heterocycles. The smallest absolute Gasteiger partial charge is 0.207 e. The molecule has 126 valence electrons. The molecule has 0 aliphatic carbocycles. The monoisotopic (exact) mass is 374 g/mol. The summed E-state index contributed by atoms with van der Waals surface area (Å²) in [6, 6.07) is 8.51. The van der Waals surface area contributed by atoms with Crippen LogP contribution < -0.4 is 4.72 Å². The van der Waals surface area contributed by atoms with E-state index in [1.54, 1.807) is 6.92 Å². The molecular formula is C14H18N2O4S3. The number of nitrogens with one attached hydrogen (secondary N) is 1. The number of nitrogens with zero attached hydrogens (tertiary/aromatic N) is 1. The van der Waals surface area contributed by atoms with Crippen molar-refractivity contribution in [3.05, 3.63) is 46.7 Å². The Balaban J connectivity index is 2.24. The van der Waals surface area contributed by atoms with Crippen LogP contribution >= 0.6 is 11.3 Å². The third-order valence-electron chi connectivity index (χ3n) is 3.21. The number of hydrogen-bond donors (Lipinski definition) is 1. The second-order valence-electron chi connectivity index (χ2n) is 5.12. The molecule has 6 nitrogen and oxygen atoms in total. The van der Waals surface area contributed by atoms with Gasteiger partial charge in [-0.25, -0.2) is 25.9 Å². The maximum Gasteiger partial charge on any atom is 0.242 e. The van der Waals surface area contributed by atoms with Gasteiger partial charge in [-0.2, -0.15) is 0 Å². The topological polar surface area (TPSA) is 83.5 Å². The molecule has 9 heteroatoms. The summed E-state index contributed by atoms with van der Waals surface area (Å²) >= 11 is 1.46. The van der Waals surface area contributed by atoms with E-state index in [-0.39, 0.29) is 15.8 Å². The van der Waals surface area contributed by atoms with Crippen LogP contribution in [0.1, 0.15) is 17.8 Å². The van der Waals surface area contributed by atoms with Crippen LogP contribution in [0, 0.1) is 0 Å². The van der Waals surface area contributed by atoms with Crippen molar-refractivity contribution in [1.29, 1.82) is 0 Å². The van der Waals surface area contributed by atoms with Crippen LogP contribution in [-0.4, -0.2) is 35.2 Å². The molecule has 1 aromatic carbocycles. The fourth-order valence-corrected chi connectivity index (χ4v) is 4.83. The van der Waals surface area contributed by atoms with Crippen molar-refractivity contribution in [2.45, 2.75) is 22.8 Å². The van der Waals surface area contributed by atoms with E-state index in [9.17, 15) is 16.8 Å². The fraction of sp³-hybridized carbons (Fsp3) is 0.286. The molecule has 0 aliphatic heterocycles. The molecule has 0 saturated carbocycles. The predicted molar refractivity (Wildman–Crippen MR) is 90.4 cm³/mol. The highest BCUT2D eigenvalue weighted by Gasteiger charge is 2.21. The normalized spacial score (nSPS) is 14.1. The van der Waals surface area contributed by atoms with E-state index in [1.165, 1.54) is 49.7 Å². The van der Waals surface area contributed by atoms with Crippen molar-refractivity contribution >= 4 is 31.4 Å². The maximum atomic E-state index is 12.4. The second-order valence-corrected chi connectivity index (χ2v) is 9.96. The lowest BCUT2D eigenvalue weighted by molar-refractivity contribution is 0.520. The van der Waals surface area contributed by atoms with Crippen LogP contribution in [0.2, 0.25) is 0 Å². The summed E-state index contributed by atoms with van der Waals surface area (Å²) in [6.07, 6.45) is 0. The van der Waals surface area contributed by atoms with Crippen molar-refractivity contribution in [2.24, 2.45) is 0 Å². The minimum absolute atomic E-state index is 0.0265.